The first-order valence-corrected chi connectivity index (χ1v) is 19.6. The van der Waals surface area contributed by atoms with Gasteiger partial charge >= 0.3 is 65.1 Å². The predicted molar refractivity (Wildman–Crippen MR) is 191 cm³/mol. The van der Waals surface area contributed by atoms with Crippen LogP contribution in [-0.4, -0.2) is 59.4 Å². The molecule has 0 bridgehead atoms. The number of carboxylic acids is 3. The molecule has 0 aliphatic heterocycles. The second kappa shape index (κ2) is 21.9. The maximum atomic E-state index is 12.3. The Hall–Kier alpha value is -2.19. The predicted octanol–water partition coefficient (Wildman–Crippen LogP) is -0.880. The second-order valence-electron chi connectivity index (χ2n) is 11.7. The molecule has 4 heterocycles. The van der Waals surface area contributed by atoms with Crippen LogP contribution in [0.3, 0.4) is 0 Å². The van der Waals surface area contributed by atoms with Crippen molar-refractivity contribution in [1.29, 1.82) is 0 Å². The maximum absolute atomic E-state index is 12.3. The van der Waals surface area contributed by atoms with Gasteiger partial charge in [0.1, 0.15) is 6.61 Å². The monoisotopic (exact) mass is 832 g/mol. The molecule has 2 aliphatic carbocycles. The van der Waals surface area contributed by atoms with Gasteiger partial charge in [0.15, 0.2) is 0 Å². The van der Waals surface area contributed by atoms with Gasteiger partial charge in [-0.2, -0.15) is 0 Å². The van der Waals surface area contributed by atoms with Gasteiger partial charge in [0, 0.05) is 38.0 Å². The van der Waals surface area contributed by atoms with E-state index in [2.05, 4.69) is 6.92 Å². The molecule has 0 aromatic carbocycles. The average molecular weight is 833 g/mol. The Morgan fingerprint density at radius 2 is 1.13 bits per heavy atom. The normalized spacial score (nSPS) is 13.9. The van der Waals surface area contributed by atoms with E-state index in [1.54, 1.807) is 48.9 Å². The van der Waals surface area contributed by atoms with Gasteiger partial charge in [-0.25, -0.2) is 4.79 Å². The molecule has 4 aromatic rings. The topological polar surface area (TPSA) is 204 Å². The number of carbonyl (C=O) groups is 7. The Labute approximate surface area is 371 Å². The summed E-state index contributed by atoms with van der Waals surface area (Å²) in [7, 11) is 0. The summed E-state index contributed by atoms with van der Waals surface area (Å²) in [6.07, 6.45) is 2.53. The Kier molecular flexibility index (Phi) is 19.5. The number of hydrogen-bond acceptors (Lipinski definition) is 15. The molecule has 1 N–H and O–H groups in total. The van der Waals surface area contributed by atoms with Crippen LogP contribution in [0.15, 0.2) is 35.0 Å². The molecule has 276 valence electrons. The summed E-state index contributed by atoms with van der Waals surface area (Å²) in [5, 5.41) is 32.8. The number of thiophene rings is 4. The number of ether oxygens (including phenoxy) is 2. The smallest absolute Gasteiger partial charge is 0.550 e. The van der Waals surface area contributed by atoms with Crippen molar-refractivity contribution < 1.29 is 117 Å². The van der Waals surface area contributed by atoms with Gasteiger partial charge < -0.3 is 34.4 Å². The number of aliphatic carboxylic acids is 3. The number of unbranched alkanes of at least 4 members (excludes halogenated alkanes) is 1. The third-order valence-electron chi connectivity index (χ3n) is 8.08. The van der Waals surface area contributed by atoms with Crippen molar-refractivity contribution in [2.45, 2.75) is 65.6 Å². The Bertz CT molecular complexity index is 1780. The van der Waals surface area contributed by atoms with Gasteiger partial charge in [-0.05, 0) is 67.6 Å². The molecular formula is C36H34Na2O12S4. The minimum atomic E-state index is -1.31. The number of rotatable bonds is 13. The standard InChI is InChI=1S/2C14H10O5S2.C8H16O2.2Na/c2*1-6(19-5-10(15)16)9-4-8-12(18)13-7(2-3-20-13)11(17)14(8)21-9;1-3-5-6-7(4-2)8(9)10;;/h2*2-4,6H,5H2,1H3,(H,15,16);7H,3-6H2,1-2H3,(H,9,10);;/q;;;2*+1/p-2. The summed E-state index contributed by atoms with van der Waals surface area (Å²) in [5.74, 6) is -4.11. The molecule has 3 unspecified atom stereocenters. The number of carbonyl (C=O) groups excluding carboxylic acids is 6. The molecule has 0 saturated carbocycles. The number of fused-ring (bicyclic) bond motifs is 4. The zero-order valence-electron chi connectivity index (χ0n) is 30.5. The molecule has 3 atom stereocenters. The fraction of sp³-hybridized carbons (Fsp3) is 0.361. The molecule has 4 aromatic heterocycles. The van der Waals surface area contributed by atoms with Crippen molar-refractivity contribution in [3.63, 3.8) is 0 Å². The quantitative estimate of drug-likeness (QED) is 0.141. The van der Waals surface area contributed by atoms with E-state index in [0.29, 0.717) is 57.9 Å². The van der Waals surface area contributed by atoms with Gasteiger partial charge in [-0.15, -0.1) is 45.3 Å². The van der Waals surface area contributed by atoms with Crippen molar-refractivity contribution in [3.05, 3.63) is 86.5 Å². The summed E-state index contributed by atoms with van der Waals surface area (Å²) in [6, 6.07) is 6.56. The zero-order valence-corrected chi connectivity index (χ0v) is 37.8. The molecule has 0 saturated heterocycles. The van der Waals surface area contributed by atoms with Crippen LogP contribution in [0.25, 0.3) is 0 Å². The SMILES string of the molecule is CC(OCC(=O)O)c1cc2c(s1)C(=O)c1ccsc1C2=O.CC(OCC(=O)[O-])c1cc2c(s1)C(=O)c1ccsc1C2=O.CCCCC(CC)C(=O)[O-].[Na+].[Na+]. The molecule has 12 nitrogen and oxygen atoms in total. The number of carboxylic acid groups (broad SMARTS) is 3. The summed E-state index contributed by atoms with van der Waals surface area (Å²) < 4.78 is 10.3. The third-order valence-corrected chi connectivity index (χ3v) is 12.5. The Balaban J connectivity index is 0.000000293. The summed E-state index contributed by atoms with van der Waals surface area (Å²) in [6.45, 7) is 6.37. The zero-order chi connectivity index (χ0) is 38.3. The average Bonchev–Trinajstić information content (AvgIpc) is 3.93. The van der Waals surface area contributed by atoms with Gasteiger partial charge in [0.05, 0.1) is 44.3 Å². The number of hydrogen-bond donors (Lipinski definition) is 1. The van der Waals surface area contributed by atoms with Crippen LogP contribution in [0.4, 0.5) is 0 Å². The van der Waals surface area contributed by atoms with Crippen LogP contribution >= 0.6 is 45.3 Å². The summed E-state index contributed by atoms with van der Waals surface area (Å²) >= 11 is 4.87. The summed E-state index contributed by atoms with van der Waals surface area (Å²) in [4.78, 5) is 83.7. The van der Waals surface area contributed by atoms with Gasteiger partial charge in [0.2, 0.25) is 23.1 Å². The van der Waals surface area contributed by atoms with Crippen molar-refractivity contribution in [2.24, 2.45) is 5.92 Å². The van der Waals surface area contributed by atoms with Gasteiger partial charge in [-0.1, -0.05) is 26.7 Å². The minimum absolute atomic E-state index is 0. The molecule has 18 heteroatoms. The fourth-order valence-corrected chi connectivity index (χ4v) is 9.12. The molecule has 2 aliphatic rings. The van der Waals surface area contributed by atoms with Crippen molar-refractivity contribution in [2.75, 3.05) is 13.2 Å². The first kappa shape index (κ1) is 48.0. The Morgan fingerprint density at radius 3 is 1.50 bits per heavy atom. The minimum Gasteiger partial charge on any atom is -0.550 e. The van der Waals surface area contributed by atoms with E-state index in [1.165, 1.54) is 45.3 Å². The molecule has 0 spiro atoms. The third kappa shape index (κ3) is 11.4. The summed E-state index contributed by atoms with van der Waals surface area (Å²) in [5.41, 5.74) is 1.65. The van der Waals surface area contributed by atoms with E-state index in [0.717, 1.165) is 19.3 Å². The van der Waals surface area contributed by atoms with E-state index in [1.807, 2.05) is 6.92 Å². The fourth-order valence-electron chi connectivity index (χ4n) is 5.21. The first-order valence-electron chi connectivity index (χ1n) is 16.2. The molecular weight excluding hydrogens is 799 g/mol. The van der Waals surface area contributed by atoms with Crippen LogP contribution in [0.2, 0.25) is 0 Å². The van der Waals surface area contributed by atoms with Crippen LogP contribution in [0.5, 0.6) is 0 Å². The van der Waals surface area contributed by atoms with E-state index in [9.17, 15) is 43.8 Å². The number of ketones is 4. The first-order chi connectivity index (χ1) is 24.7. The largest absolute Gasteiger partial charge is 1.00 e. The molecule has 6 rings (SSSR count). The second-order valence-corrected chi connectivity index (χ2v) is 15.7. The van der Waals surface area contributed by atoms with E-state index >= 15 is 0 Å². The van der Waals surface area contributed by atoms with Crippen LogP contribution in [0, 0.1) is 5.92 Å². The van der Waals surface area contributed by atoms with Crippen LogP contribution < -0.4 is 69.3 Å². The van der Waals surface area contributed by atoms with E-state index in [4.69, 9.17) is 14.6 Å². The van der Waals surface area contributed by atoms with Crippen LogP contribution in [-0.2, 0) is 23.9 Å². The molecule has 0 amide bonds. The van der Waals surface area contributed by atoms with Gasteiger partial charge in [-0.3, -0.25) is 19.2 Å². The van der Waals surface area contributed by atoms with E-state index < -0.39 is 43.3 Å². The van der Waals surface area contributed by atoms with Crippen LogP contribution in [0.1, 0.15) is 136 Å². The molecule has 0 fully saturated rings. The van der Waals surface area contributed by atoms with E-state index in [-0.39, 0.29) is 88.2 Å². The maximum Gasteiger partial charge on any atom is 1.00 e. The van der Waals surface area contributed by atoms with Crippen molar-refractivity contribution >= 4 is 86.4 Å². The van der Waals surface area contributed by atoms with Crippen molar-refractivity contribution in [1.82, 2.24) is 0 Å². The van der Waals surface area contributed by atoms with Crippen molar-refractivity contribution in [3.8, 4) is 0 Å². The molecule has 54 heavy (non-hydrogen) atoms. The van der Waals surface area contributed by atoms with Gasteiger partial charge in [0.25, 0.3) is 0 Å². The Morgan fingerprint density at radius 1 is 0.704 bits per heavy atom. The molecule has 0 radical (unpaired) electrons.